The Bertz CT molecular complexity index is 5370. The van der Waals surface area contributed by atoms with E-state index in [-0.39, 0.29) is 80.6 Å². The number of carbonyl (C=O) groups is 1. The van der Waals surface area contributed by atoms with Crippen LogP contribution in [0, 0.1) is 0 Å². The first-order valence-corrected chi connectivity index (χ1v) is 38.0. The number of hydrogen-bond acceptors (Lipinski definition) is 12. The predicted molar refractivity (Wildman–Crippen MR) is 430 cm³/mol. The van der Waals surface area contributed by atoms with Gasteiger partial charge in [-0.2, -0.15) is 52.7 Å². The maximum absolute atomic E-state index is 12.7. The van der Waals surface area contributed by atoms with Crippen molar-refractivity contribution in [3.63, 3.8) is 0 Å². The Morgan fingerprint density at radius 1 is 0.448 bits per heavy atom. The number of H-pyrrole nitrogens is 2. The van der Waals surface area contributed by atoms with E-state index in [2.05, 4.69) is 122 Å². The van der Waals surface area contributed by atoms with Gasteiger partial charge in [0, 0.05) is 59.2 Å². The third kappa shape index (κ3) is 24.8. The molecule has 5 unspecified atom stereocenters. The Morgan fingerprint density at radius 3 is 1.28 bits per heavy atom. The number of benzene rings is 9. The van der Waals surface area contributed by atoms with Crippen LogP contribution in [0.15, 0.2) is 266 Å². The normalized spacial score (nSPS) is 13.2. The summed E-state index contributed by atoms with van der Waals surface area (Å²) in [6.45, 7) is -6.20. The van der Waals surface area contributed by atoms with Crippen molar-refractivity contribution in [3.05, 3.63) is 316 Å². The number of carbonyl (C=O) groups excluding carboxylic acids is 1. The molecule has 614 valence electrons. The summed E-state index contributed by atoms with van der Waals surface area (Å²) in [4.78, 5) is 47.2. The maximum Gasteiger partial charge on any atom is 0.387 e. The molecule has 3 aromatic heterocycles. The summed E-state index contributed by atoms with van der Waals surface area (Å²) in [5.41, 5.74) is 4.26. The first-order chi connectivity index (χ1) is 55.6. The molecular formula is C82H72Br4F12N6O12. The van der Waals surface area contributed by atoms with Gasteiger partial charge in [-0.05, 0) is 129 Å². The highest BCUT2D eigenvalue weighted by Gasteiger charge is 2.31. The molecular weight excluding hydrogens is 1810 g/mol. The van der Waals surface area contributed by atoms with Gasteiger partial charge in [0.1, 0.15) is 34.5 Å². The fourth-order valence-corrected chi connectivity index (χ4v) is 14.1. The Hall–Kier alpha value is -10.5. The Kier molecular flexibility index (Phi) is 34.9. The number of allylic oxidation sites excluding steroid dienone is 2. The van der Waals surface area contributed by atoms with Crippen LogP contribution in [-0.2, 0) is 6.54 Å². The first-order valence-electron chi connectivity index (χ1n) is 34.7. The highest BCUT2D eigenvalue weighted by molar-refractivity contribution is 9.11. The van der Waals surface area contributed by atoms with Crippen LogP contribution < -0.4 is 45.1 Å². The molecule has 12 aromatic rings. The van der Waals surface area contributed by atoms with Crippen LogP contribution in [0.1, 0.15) is 99.3 Å². The fraction of sp³-hybridized carbons (Fsp3) is 0.220. The summed E-state index contributed by atoms with van der Waals surface area (Å²) in [7, 11) is 0. The second-order valence-corrected chi connectivity index (χ2v) is 28.3. The Morgan fingerprint density at radius 2 is 0.819 bits per heavy atom. The van der Waals surface area contributed by atoms with Gasteiger partial charge in [0.2, 0.25) is 0 Å². The van der Waals surface area contributed by atoms with Crippen molar-refractivity contribution >= 4 is 103 Å². The number of halogens is 16. The zero-order valence-electron chi connectivity index (χ0n) is 60.6. The number of fused-ring (bicyclic) bond motifs is 5. The minimum atomic E-state index is -2.97. The van der Waals surface area contributed by atoms with E-state index < -0.39 is 57.9 Å². The lowest BCUT2D eigenvalue weighted by atomic mass is 10.0. The van der Waals surface area contributed by atoms with Gasteiger partial charge in [0.25, 0.3) is 16.7 Å². The average molecular weight is 1880 g/mol. The third-order valence-electron chi connectivity index (χ3n) is 17.1. The molecule has 9 aromatic carbocycles. The summed E-state index contributed by atoms with van der Waals surface area (Å²) >= 11 is 13.6. The van der Waals surface area contributed by atoms with E-state index in [1.807, 2.05) is 16.8 Å². The summed E-state index contributed by atoms with van der Waals surface area (Å²) in [5.74, 6) is 0.339. The average Bonchev–Trinajstić information content (AvgIpc) is 1.58. The van der Waals surface area contributed by atoms with Crippen molar-refractivity contribution in [1.82, 2.24) is 28.9 Å². The molecule has 4 heterocycles. The van der Waals surface area contributed by atoms with E-state index in [0.29, 0.717) is 93.5 Å². The predicted octanol–water partition coefficient (Wildman–Crippen LogP) is 22.0. The van der Waals surface area contributed by atoms with Crippen LogP contribution >= 0.6 is 63.7 Å². The number of alkyl halides is 13. The van der Waals surface area contributed by atoms with Gasteiger partial charge in [-0.15, -0.1) is 19.7 Å². The molecule has 5 atom stereocenters. The number of nitrogens with one attached hydrogen (secondary N) is 2. The van der Waals surface area contributed by atoms with E-state index in [0.717, 1.165) is 18.9 Å². The van der Waals surface area contributed by atoms with Crippen LogP contribution in [0.4, 0.5) is 52.7 Å². The number of aliphatic hydroxyl groups excluding tert-OH is 2. The lowest BCUT2D eigenvalue weighted by Gasteiger charge is -2.22. The lowest BCUT2D eigenvalue weighted by Crippen LogP contribution is -2.18. The van der Waals surface area contributed by atoms with Gasteiger partial charge in [0.15, 0.2) is 6.29 Å². The zero-order valence-corrected chi connectivity index (χ0v) is 66.9. The number of hydrogen-bond donors (Lipinski definition) is 4. The molecule has 0 saturated heterocycles. The molecule has 18 nitrogen and oxygen atoms in total. The standard InChI is InChI=1S/C18H15BrF2N2O2.C17H15BrF2N2O3.C17H13BrF2N2O2.C11H11BrF2O.C11H12F2O2.C8H6F2O2/c1-2-5-14(12-6-3-4-7-16(12)25-18(20)21)23-15-10-11(19)8-9-13(15)17(24)22-23;18-10-5-6-12-14(9-10)22(21-16(12)24)13(7-8-23)11-3-1-2-4-15(11)25-17(19)20;18-10-5-6-12-14(9-10)22-13(7-8-21(22)16(12)23)11-3-1-2-4-15(11)24-17(19)20;1-2-5-9(12)8-6-3-4-7-10(8)15-11(13)14;1-2-5-9(14)8-6-3-4-7-10(8)15-11(12)13;9-8(10)12-7-4-2-1-3-6(7)5-11/h2-4,6-10,14,18H,1,5H2,(H,22,24);1-6,9,13,17,23H,7-8H2,(H,21,24);1-6,9,13,17H,7-8H2;2-4,6-7,9,11H,1,5H2;2-4,6-7,9,11,14H,1,5H2;1-5,8H. The van der Waals surface area contributed by atoms with Crippen molar-refractivity contribution in [1.29, 1.82) is 0 Å². The first kappa shape index (κ1) is 91.0. The van der Waals surface area contributed by atoms with Crippen molar-refractivity contribution in [2.75, 3.05) is 6.61 Å². The molecule has 0 fully saturated rings. The second-order valence-electron chi connectivity index (χ2n) is 24.4. The topological polar surface area (TPSA) is 215 Å². The largest absolute Gasteiger partial charge is 0.435 e. The van der Waals surface area contributed by atoms with Gasteiger partial charge >= 0.3 is 39.7 Å². The lowest BCUT2D eigenvalue weighted by molar-refractivity contribution is -0.0521. The van der Waals surface area contributed by atoms with Crippen molar-refractivity contribution in [3.8, 4) is 34.5 Å². The molecule has 0 saturated carbocycles. The molecule has 34 heteroatoms. The van der Waals surface area contributed by atoms with E-state index in [9.17, 15) is 82.1 Å². The van der Waals surface area contributed by atoms with Crippen molar-refractivity contribution in [2.24, 2.45) is 0 Å². The van der Waals surface area contributed by atoms with Crippen LogP contribution in [0.2, 0.25) is 0 Å². The van der Waals surface area contributed by atoms with E-state index >= 15 is 0 Å². The number of rotatable bonds is 28. The van der Waals surface area contributed by atoms with Gasteiger partial charge in [-0.25, -0.2) is 4.68 Å². The van der Waals surface area contributed by atoms with Crippen LogP contribution in [0.3, 0.4) is 0 Å². The monoisotopic (exact) mass is 1880 g/mol. The molecule has 0 bridgehead atoms. The van der Waals surface area contributed by atoms with Crippen LogP contribution in [0.5, 0.6) is 34.5 Å². The summed E-state index contributed by atoms with van der Waals surface area (Å²) in [5, 5.41) is 26.2. The third-order valence-corrected chi connectivity index (χ3v) is 19.4. The molecule has 1 aliphatic heterocycles. The number of aromatic amines is 2. The van der Waals surface area contributed by atoms with Gasteiger partial charge < -0.3 is 38.6 Å². The number of aldehydes is 1. The fourth-order valence-electron chi connectivity index (χ4n) is 12.4. The Labute approximate surface area is 687 Å². The molecule has 0 aliphatic carbocycles. The molecule has 4 N–H and O–H groups in total. The molecule has 1 aliphatic rings. The minimum absolute atomic E-state index is 0.00171. The molecule has 0 radical (unpaired) electrons. The number of para-hydroxylation sites is 6. The number of aromatic nitrogens is 6. The van der Waals surface area contributed by atoms with Gasteiger partial charge in [-0.3, -0.25) is 43.4 Å². The number of ether oxygens (including phenoxy) is 6. The summed E-state index contributed by atoms with van der Waals surface area (Å²) in [6, 6.07) is 53.1. The highest BCUT2D eigenvalue weighted by atomic mass is 79.9. The van der Waals surface area contributed by atoms with E-state index in [4.69, 9.17) is 0 Å². The number of nitrogens with zero attached hydrogens (tertiary/aromatic N) is 4. The highest BCUT2D eigenvalue weighted by Crippen LogP contribution is 2.40. The smallest absolute Gasteiger partial charge is 0.387 e. The van der Waals surface area contributed by atoms with Crippen molar-refractivity contribution < 1.29 is 96.1 Å². The SMILES string of the molecule is C=CCC(Br)c1ccccc1OC(F)F.C=CCC(O)c1ccccc1OC(F)F.C=CCC(c1ccccc1OC(F)F)n1[nH]c(=O)c2ccc(Br)cc21.O=Cc1ccccc1OC(F)F.O=c1[nH]n(C(CCO)c2ccccc2OC(F)F)c2cc(Br)ccc12.O=c1c2ccc(Br)cc2n2n1CCC2c1ccccc1OC(F)F. The maximum atomic E-state index is 12.7. The quantitative estimate of drug-likeness (QED) is 0.0156. The zero-order chi connectivity index (χ0) is 84.3. The van der Waals surface area contributed by atoms with Gasteiger partial charge in [-0.1, -0.05) is 185 Å². The molecule has 13 rings (SSSR count). The Balaban J connectivity index is 0.000000178. The summed E-state index contributed by atoms with van der Waals surface area (Å²) < 4.78 is 184. The van der Waals surface area contributed by atoms with Crippen LogP contribution in [-0.4, -0.2) is 91.7 Å². The van der Waals surface area contributed by atoms with E-state index in [1.165, 1.54) is 54.6 Å². The molecule has 116 heavy (non-hydrogen) atoms. The van der Waals surface area contributed by atoms with Crippen molar-refractivity contribution in [2.45, 2.75) is 107 Å². The van der Waals surface area contributed by atoms with E-state index in [1.54, 1.807) is 166 Å². The minimum Gasteiger partial charge on any atom is -0.435 e. The van der Waals surface area contributed by atoms with Gasteiger partial charge in [0.05, 0.1) is 62.5 Å². The second kappa shape index (κ2) is 44.5. The summed E-state index contributed by atoms with van der Waals surface area (Å²) in [6.07, 6.45) is 6.77. The van der Waals surface area contributed by atoms with Crippen LogP contribution in [0.25, 0.3) is 32.7 Å². The number of aliphatic hydroxyl groups is 2. The molecule has 0 spiro atoms. The molecule has 0 amide bonds.